The van der Waals surface area contributed by atoms with Crippen LogP contribution in [-0.4, -0.2) is 24.4 Å². The minimum Gasteiger partial charge on any atom is -0.354 e. The Morgan fingerprint density at radius 3 is 2.07 bits per heavy atom. The zero-order chi connectivity index (χ0) is 19.8. The van der Waals surface area contributed by atoms with Gasteiger partial charge in [0.05, 0.1) is 0 Å². The zero-order valence-corrected chi connectivity index (χ0v) is 16.7. The molecule has 1 atom stereocenters. The van der Waals surface area contributed by atoms with Crippen LogP contribution in [0.2, 0.25) is 0 Å². The number of carbonyl (C=O) groups is 2. The smallest absolute Gasteiger partial charge is 0.251 e. The molecule has 0 aromatic heterocycles. The average Bonchev–Trinajstić information content (AvgIpc) is 2.66. The molecule has 0 radical (unpaired) electrons. The van der Waals surface area contributed by atoms with Gasteiger partial charge in [0.2, 0.25) is 5.91 Å². The summed E-state index contributed by atoms with van der Waals surface area (Å²) in [6, 6.07) is 17.0. The van der Waals surface area contributed by atoms with Crippen LogP contribution in [0.1, 0.15) is 55.1 Å². The number of rotatable bonds is 8. The van der Waals surface area contributed by atoms with Crippen molar-refractivity contribution in [3.63, 3.8) is 0 Å². The standard InChI is InChI=1S/C23H30N2O2/c1-16(2)19-10-12-20(13-11-19)22(26)25-21(17(3)4)23(27)24-15-14-18-8-6-5-7-9-18/h5-13,16-17,21H,14-15H2,1-4H3,(H,24,27)(H,25,26)/t21-/m1/s1. The molecule has 27 heavy (non-hydrogen) atoms. The molecule has 0 saturated carbocycles. The van der Waals surface area contributed by atoms with Crippen LogP contribution in [0.25, 0.3) is 0 Å². The van der Waals surface area contributed by atoms with Crippen molar-refractivity contribution in [2.75, 3.05) is 6.54 Å². The Balaban J connectivity index is 1.93. The SMILES string of the molecule is CC(C)c1ccc(C(=O)N[C@@H](C(=O)NCCc2ccccc2)C(C)C)cc1. The summed E-state index contributed by atoms with van der Waals surface area (Å²) in [6.07, 6.45) is 0.766. The Bertz CT molecular complexity index is 737. The van der Waals surface area contributed by atoms with Crippen molar-refractivity contribution in [3.8, 4) is 0 Å². The molecule has 0 heterocycles. The Morgan fingerprint density at radius 2 is 1.52 bits per heavy atom. The van der Waals surface area contributed by atoms with Crippen LogP contribution in [-0.2, 0) is 11.2 Å². The summed E-state index contributed by atoms with van der Waals surface area (Å²) < 4.78 is 0. The van der Waals surface area contributed by atoms with Gasteiger partial charge < -0.3 is 10.6 Å². The summed E-state index contributed by atoms with van der Waals surface area (Å²) in [5.41, 5.74) is 2.93. The number of carbonyl (C=O) groups excluding carboxylic acids is 2. The lowest BCUT2D eigenvalue weighted by molar-refractivity contribution is -0.123. The van der Waals surface area contributed by atoms with Gasteiger partial charge in [0, 0.05) is 12.1 Å². The van der Waals surface area contributed by atoms with Gasteiger partial charge >= 0.3 is 0 Å². The molecule has 144 valence electrons. The lowest BCUT2D eigenvalue weighted by Crippen LogP contribution is -2.50. The average molecular weight is 367 g/mol. The van der Waals surface area contributed by atoms with Crippen molar-refractivity contribution in [1.82, 2.24) is 10.6 Å². The van der Waals surface area contributed by atoms with E-state index in [1.807, 2.05) is 68.4 Å². The Morgan fingerprint density at radius 1 is 0.889 bits per heavy atom. The highest BCUT2D eigenvalue weighted by atomic mass is 16.2. The topological polar surface area (TPSA) is 58.2 Å². The van der Waals surface area contributed by atoms with Gasteiger partial charge in [-0.05, 0) is 41.5 Å². The van der Waals surface area contributed by atoms with Gasteiger partial charge in [-0.1, -0.05) is 70.2 Å². The van der Waals surface area contributed by atoms with Gasteiger partial charge in [0.25, 0.3) is 5.91 Å². The quantitative estimate of drug-likeness (QED) is 0.744. The second-order valence-corrected chi connectivity index (χ2v) is 7.50. The van der Waals surface area contributed by atoms with Crippen LogP contribution in [0, 0.1) is 5.92 Å². The summed E-state index contributed by atoms with van der Waals surface area (Å²) in [7, 11) is 0. The Hall–Kier alpha value is -2.62. The van der Waals surface area contributed by atoms with Gasteiger partial charge in [-0.25, -0.2) is 0 Å². The number of hydrogen-bond donors (Lipinski definition) is 2. The van der Waals surface area contributed by atoms with E-state index in [1.54, 1.807) is 0 Å². The number of amides is 2. The second kappa shape index (κ2) is 9.91. The maximum atomic E-state index is 12.6. The molecule has 2 aromatic carbocycles. The number of benzene rings is 2. The highest BCUT2D eigenvalue weighted by molar-refractivity contribution is 5.97. The van der Waals surface area contributed by atoms with Crippen molar-refractivity contribution in [2.24, 2.45) is 5.92 Å². The van der Waals surface area contributed by atoms with Crippen molar-refractivity contribution < 1.29 is 9.59 Å². The van der Waals surface area contributed by atoms with E-state index in [0.717, 1.165) is 6.42 Å². The van der Waals surface area contributed by atoms with E-state index < -0.39 is 6.04 Å². The van der Waals surface area contributed by atoms with E-state index in [0.29, 0.717) is 18.0 Å². The first-order chi connectivity index (χ1) is 12.9. The molecule has 2 aromatic rings. The van der Waals surface area contributed by atoms with Crippen molar-refractivity contribution in [3.05, 3.63) is 71.3 Å². The minimum atomic E-state index is -0.557. The normalized spacial score (nSPS) is 12.1. The van der Waals surface area contributed by atoms with E-state index in [4.69, 9.17) is 0 Å². The van der Waals surface area contributed by atoms with Crippen LogP contribution >= 0.6 is 0 Å². The molecule has 2 N–H and O–H groups in total. The van der Waals surface area contributed by atoms with Gasteiger partial charge in [-0.15, -0.1) is 0 Å². The molecule has 0 saturated heterocycles. The maximum absolute atomic E-state index is 12.6. The number of nitrogens with one attached hydrogen (secondary N) is 2. The van der Waals surface area contributed by atoms with Gasteiger partial charge in [-0.3, -0.25) is 9.59 Å². The molecule has 0 aliphatic heterocycles. The molecule has 0 unspecified atom stereocenters. The van der Waals surface area contributed by atoms with E-state index >= 15 is 0 Å². The molecule has 2 rings (SSSR count). The summed E-state index contributed by atoms with van der Waals surface area (Å²) in [5, 5.41) is 5.82. The lowest BCUT2D eigenvalue weighted by atomic mass is 10.0. The fourth-order valence-corrected chi connectivity index (χ4v) is 2.86. The summed E-state index contributed by atoms with van der Waals surface area (Å²) in [6.45, 7) is 8.64. The van der Waals surface area contributed by atoms with Crippen molar-refractivity contribution in [2.45, 2.75) is 46.1 Å². The van der Waals surface area contributed by atoms with Crippen LogP contribution < -0.4 is 10.6 Å². The Kier molecular flexibility index (Phi) is 7.59. The lowest BCUT2D eigenvalue weighted by Gasteiger charge is -2.22. The predicted molar refractivity (Wildman–Crippen MR) is 110 cm³/mol. The highest BCUT2D eigenvalue weighted by Crippen LogP contribution is 2.15. The number of hydrogen-bond acceptors (Lipinski definition) is 2. The van der Waals surface area contributed by atoms with Crippen molar-refractivity contribution >= 4 is 11.8 Å². The largest absolute Gasteiger partial charge is 0.354 e. The molecular formula is C23H30N2O2. The van der Waals surface area contributed by atoms with E-state index in [1.165, 1.54) is 11.1 Å². The van der Waals surface area contributed by atoms with E-state index in [9.17, 15) is 9.59 Å². The monoisotopic (exact) mass is 366 g/mol. The van der Waals surface area contributed by atoms with E-state index in [2.05, 4.69) is 24.5 Å². The molecule has 0 fully saturated rings. The fourth-order valence-electron chi connectivity index (χ4n) is 2.86. The van der Waals surface area contributed by atoms with Gasteiger partial charge in [-0.2, -0.15) is 0 Å². The zero-order valence-electron chi connectivity index (χ0n) is 16.7. The van der Waals surface area contributed by atoms with Crippen LogP contribution in [0.5, 0.6) is 0 Å². The molecule has 0 bridgehead atoms. The van der Waals surface area contributed by atoms with Crippen LogP contribution in [0.4, 0.5) is 0 Å². The first-order valence-electron chi connectivity index (χ1n) is 9.61. The second-order valence-electron chi connectivity index (χ2n) is 7.50. The molecule has 4 nitrogen and oxygen atoms in total. The summed E-state index contributed by atoms with van der Waals surface area (Å²) in [5.74, 6) is 0.0526. The van der Waals surface area contributed by atoms with Crippen LogP contribution in [0.3, 0.4) is 0 Å². The first-order valence-corrected chi connectivity index (χ1v) is 9.61. The molecule has 4 heteroatoms. The maximum Gasteiger partial charge on any atom is 0.251 e. The van der Waals surface area contributed by atoms with E-state index in [-0.39, 0.29) is 17.7 Å². The van der Waals surface area contributed by atoms with Crippen LogP contribution in [0.15, 0.2) is 54.6 Å². The third-order valence-electron chi connectivity index (χ3n) is 4.63. The highest BCUT2D eigenvalue weighted by Gasteiger charge is 2.24. The molecule has 0 spiro atoms. The fraction of sp³-hybridized carbons (Fsp3) is 0.391. The summed E-state index contributed by atoms with van der Waals surface area (Å²) >= 11 is 0. The van der Waals surface area contributed by atoms with Crippen molar-refractivity contribution in [1.29, 1.82) is 0 Å². The predicted octanol–water partition coefficient (Wildman–Crippen LogP) is 3.92. The first kappa shape index (κ1) is 20.7. The van der Waals surface area contributed by atoms with Gasteiger partial charge in [0.15, 0.2) is 0 Å². The Labute approximate surface area is 162 Å². The third kappa shape index (κ3) is 6.24. The minimum absolute atomic E-state index is 0.000567. The molecule has 0 aliphatic rings. The molecular weight excluding hydrogens is 336 g/mol. The van der Waals surface area contributed by atoms with Gasteiger partial charge in [0.1, 0.15) is 6.04 Å². The third-order valence-corrected chi connectivity index (χ3v) is 4.63. The molecule has 2 amide bonds. The summed E-state index contributed by atoms with van der Waals surface area (Å²) in [4.78, 5) is 25.1. The molecule has 0 aliphatic carbocycles.